The molecule has 4 rings (SSSR count). The highest BCUT2D eigenvalue weighted by Crippen LogP contribution is 2.26. The van der Waals surface area contributed by atoms with E-state index in [2.05, 4.69) is 20.9 Å². The summed E-state index contributed by atoms with van der Waals surface area (Å²) < 4.78 is 12.2. The highest BCUT2D eigenvalue weighted by molar-refractivity contribution is 9.10. The SMILES string of the molecule is Cc1ccc(C2=NC(=Cc3ccc(-c4ccc(Br)cc4)o3)C(=O)O2)cc1C. The Balaban J connectivity index is 1.62. The maximum absolute atomic E-state index is 12.2. The summed E-state index contributed by atoms with van der Waals surface area (Å²) in [6.07, 6.45) is 1.60. The molecule has 0 unspecified atom stereocenters. The monoisotopic (exact) mass is 421 g/mol. The van der Waals surface area contributed by atoms with Gasteiger partial charge >= 0.3 is 5.97 Å². The second kappa shape index (κ2) is 7.00. The van der Waals surface area contributed by atoms with Gasteiger partial charge in [-0.3, -0.25) is 0 Å². The molecule has 1 aromatic heterocycles. The largest absolute Gasteiger partial charge is 0.457 e. The zero-order valence-corrected chi connectivity index (χ0v) is 16.4. The van der Waals surface area contributed by atoms with Gasteiger partial charge in [0.15, 0.2) is 5.70 Å². The van der Waals surface area contributed by atoms with Crippen LogP contribution >= 0.6 is 15.9 Å². The molecule has 27 heavy (non-hydrogen) atoms. The smallest absolute Gasteiger partial charge is 0.363 e. The minimum atomic E-state index is -0.482. The third-order valence-electron chi connectivity index (χ3n) is 4.41. The van der Waals surface area contributed by atoms with E-state index in [9.17, 15) is 4.79 Å². The van der Waals surface area contributed by atoms with Crippen molar-refractivity contribution in [2.45, 2.75) is 13.8 Å². The van der Waals surface area contributed by atoms with Crippen molar-refractivity contribution >= 4 is 33.9 Å². The number of aryl methyl sites for hydroxylation is 2. The standard InChI is InChI=1S/C22H16BrNO3/c1-13-3-4-16(11-14(13)2)21-24-19(22(25)27-21)12-18-9-10-20(26-18)15-5-7-17(23)8-6-15/h3-12H,1-2H3. The molecule has 4 nitrogen and oxygen atoms in total. The Bertz CT molecular complexity index is 1090. The van der Waals surface area contributed by atoms with Gasteiger partial charge < -0.3 is 9.15 Å². The van der Waals surface area contributed by atoms with Crippen LogP contribution in [0, 0.1) is 13.8 Å². The van der Waals surface area contributed by atoms with Crippen molar-refractivity contribution in [2.75, 3.05) is 0 Å². The first kappa shape index (κ1) is 17.5. The lowest BCUT2D eigenvalue weighted by Gasteiger charge is -2.03. The first-order valence-electron chi connectivity index (χ1n) is 8.45. The first-order valence-corrected chi connectivity index (χ1v) is 9.25. The molecule has 5 heteroatoms. The van der Waals surface area contributed by atoms with Crippen molar-refractivity contribution in [1.82, 2.24) is 0 Å². The van der Waals surface area contributed by atoms with Gasteiger partial charge in [-0.15, -0.1) is 0 Å². The number of ether oxygens (including phenoxy) is 1. The molecule has 0 aliphatic carbocycles. The summed E-state index contributed by atoms with van der Waals surface area (Å²) in [5.41, 5.74) is 4.25. The van der Waals surface area contributed by atoms with Gasteiger partial charge in [-0.05, 0) is 61.4 Å². The van der Waals surface area contributed by atoms with Crippen LogP contribution < -0.4 is 0 Å². The average molecular weight is 422 g/mol. The van der Waals surface area contributed by atoms with Gasteiger partial charge in [-0.1, -0.05) is 34.1 Å². The molecule has 2 heterocycles. The maximum atomic E-state index is 12.2. The van der Waals surface area contributed by atoms with Gasteiger partial charge in [0.1, 0.15) is 11.5 Å². The maximum Gasteiger partial charge on any atom is 0.363 e. The van der Waals surface area contributed by atoms with E-state index in [0.717, 1.165) is 26.9 Å². The topological polar surface area (TPSA) is 51.8 Å². The summed E-state index contributed by atoms with van der Waals surface area (Å²) in [5, 5.41) is 0. The summed E-state index contributed by atoms with van der Waals surface area (Å²) in [7, 11) is 0. The number of rotatable bonds is 3. The Kier molecular flexibility index (Phi) is 4.54. The summed E-state index contributed by atoms with van der Waals surface area (Å²) in [6.45, 7) is 4.05. The van der Waals surface area contributed by atoms with Crippen LogP contribution in [0.15, 0.2) is 74.2 Å². The zero-order valence-electron chi connectivity index (χ0n) is 14.8. The Morgan fingerprint density at radius 3 is 2.41 bits per heavy atom. The molecular weight excluding hydrogens is 406 g/mol. The minimum Gasteiger partial charge on any atom is -0.457 e. The van der Waals surface area contributed by atoms with Crippen LogP contribution in [0.5, 0.6) is 0 Å². The zero-order chi connectivity index (χ0) is 19.0. The molecule has 0 saturated heterocycles. The van der Waals surface area contributed by atoms with Crippen LogP contribution in [-0.4, -0.2) is 11.9 Å². The molecule has 0 saturated carbocycles. The van der Waals surface area contributed by atoms with E-state index < -0.39 is 5.97 Å². The van der Waals surface area contributed by atoms with Crippen LogP contribution in [0.1, 0.15) is 22.5 Å². The van der Waals surface area contributed by atoms with E-state index in [4.69, 9.17) is 9.15 Å². The average Bonchev–Trinajstić information content (AvgIpc) is 3.26. The number of carbonyl (C=O) groups is 1. The molecule has 2 aromatic carbocycles. The molecule has 3 aromatic rings. The van der Waals surface area contributed by atoms with Gasteiger partial charge in [0.2, 0.25) is 5.90 Å². The van der Waals surface area contributed by atoms with Crippen LogP contribution in [0.4, 0.5) is 0 Å². The normalized spacial score (nSPS) is 15.1. The van der Waals surface area contributed by atoms with E-state index in [1.54, 1.807) is 12.1 Å². The van der Waals surface area contributed by atoms with Crippen molar-refractivity contribution in [1.29, 1.82) is 0 Å². The second-order valence-corrected chi connectivity index (χ2v) is 7.26. The fourth-order valence-corrected chi connectivity index (χ4v) is 3.01. The number of furan rings is 1. The lowest BCUT2D eigenvalue weighted by atomic mass is 10.1. The Morgan fingerprint density at radius 1 is 0.926 bits per heavy atom. The molecule has 0 amide bonds. The highest BCUT2D eigenvalue weighted by atomic mass is 79.9. The summed E-state index contributed by atoms with van der Waals surface area (Å²) in [4.78, 5) is 16.5. The minimum absolute atomic E-state index is 0.222. The van der Waals surface area contributed by atoms with E-state index in [-0.39, 0.29) is 5.70 Å². The van der Waals surface area contributed by atoms with Gasteiger partial charge in [0, 0.05) is 21.7 Å². The van der Waals surface area contributed by atoms with Crippen molar-refractivity contribution in [3.05, 3.63) is 87.2 Å². The molecule has 1 aliphatic heterocycles. The number of hydrogen-bond donors (Lipinski definition) is 0. The quantitative estimate of drug-likeness (QED) is 0.404. The van der Waals surface area contributed by atoms with Crippen LogP contribution in [0.3, 0.4) is 0 Å². The summed E-state index contributed by atoms with van der Waals surface area (Å²) in [5.74, 6) is 1.10. The number of benzene rings is 2. The van der Waals surface area contributed by atoms with Crippen molar-refractivity contribution in [2.24, 2.45) is 4.99 Å². The number of aliphatic imine (C=N–C) groups is 1. The molecule has 0 spiro atoms. The van der Waals surface area contributed by atoms with Gasteiger partial charge in [0.05, 0.1) is 0 Å². The van der Waals surface area contributed by atoms with Gasteiger partial charge in [-0.2, -0.15) is 0 Å². The number of cyclic esters (lactones) is 1. The van der Waals surface area contributed by atoms with Crippen LogP contribution in [-0.2, 0) is 9.53 Å². The number of carbonyl (C=O) groups excluding carboxylic acids is 1. The van der Waals surface area contributed by atoms with Crippen molar-refractivity contribution in [3.8, 4) is 11.3 Å². The molecule has 0 fully saturated rings. The molecular formula is C22H16BrNO3. The lowest BCUT2D eigenvalue weighted by molar-refractivity contribution is -0.129. The molecule has 1 aliphatic rings. The first-order chi connectivity index (χ1) is 13.0. The molecule has 0 atom stereocenters. The van der Waals surface area contributed by atoms with Crippen LogP contribution in [0.2, 0.25) is 0 Å². The van der Waals surface area contributed by atoms with Gasteiger partial charge in [0.25, 0.3) is 0 Å². The fourth-order valence-electron chi connectivity index (χ4n) is 2.74. The number of halogens is 1. The van der Waals surface area contributed by atoms with Crippen molar-refractivity contribution in [3.63, 3.8) is 0 Å². The molecule has 134 valence electrons. The van der Waals surface area contributed by atoms with E-state index >= 15 is 0 Å². The van der Waals surface area contributed by atoms with Crippen molar-refractivity contribution < 1.29 is 13.9 Å². The van der Waals surface area contributed by atoms with E-state index in [1.165, 1.54) is 5.56 Å². The highest BCUT2D eigenvalue weighted by Gasteiger charge is 2.24. The lowest BCUT2D eigenvalue weighted by Crippen LogP contribution is -2.05. The summed E-state index contributed by atoms with van der Waals surface area (Å²) >= 11 is 3.42. The van der Waals surface area contributed by atoms with E-state index in [0.29, 0.717) is 11.7 Å². The molecule has 0 N–H and O–H groups in total. The second-order valence-electron chi connectivity index (χ2n) is 6.34. The fraction of sp³-hybridized carbons (Fsp3) is 0.0909. The Morgan fingerprint density at radius 2 is 1.67 bits per heavy atom. The third-order valence-corrected chi connectivity index (χ3v) is 4.94. The number of hydrogen-bond acceptors (Lipinski definition) is 4. The van der Waals surface area contributed by atoms with Crippen LogP contribution in [0.25, 0.3) is 17.4 Å². The summed E-state index contributed by atoms with van der Waals surface area (Å²) in [6, 6.07) is 17.3. The Hall–Kier alpha value is -2.92. The third kappa shape index (κ3) is 3.64. The molecule has 0 bridgehead atoms. The Labute approximate surface area is 165 Å². The van der Waals surface area contributed by atoms with Gasteiger partial charge in [-0.25, -0.2) is 9.79 Å². The molecule has 0 radical (unpaired) electrons. The number of nitrogens with zero attached hydrogens (tertiary/aromatic N) is 1. The number of esters is 1. The predicted molar refractivity (Wildman–Crippen MR) is 108 cm³/mol. The predicted octanol–water partition coefficient (Wildman–Crippen LogP) is 5.67. The van der Waals surface area contributed by atoms with E-state index in [1.807, 2.05) is 62.4 Å².